The zero-order valence-electron chi connectivity index (χ0n) is 5.30. The highest BCUT2D eigenvalue weighted by molar-refractivity contribution is 6.67. The third-order valence-electron chi connectivity index (χ3n) is 1.90. The summed E-state index contributed by atoms with van der Waals surface area (Å²) in [6, 6.07) is 0. The second kappa shape index (κ2) is 2.51. The summed E-state index contributed by atoms with van der Waals surface area (Å²) >= 11 is 10.3. The van der Waals surface area contributed by atoms with Crippen molar-refractivity contribution in [2.45, 2.75) is 6.92 Å². The van der Waals surface area contributed by atoms with Gasteiger partial charge in [-0.15, -0.1) is 0 Å². The quantitative estimate of drug-likeness (QED) is 0.603. The predicted octanol–water partition coefficient (Wildman–Crippen LogP) is 1.40. The van der Waals surface area contributed by atoms with E-state index < -0.39 is 10.5 Å². The van der Waals surface area contributed by atoms with Gasteiger partial charge in [0.05, 0.1) is 0 Å². The number of carbonyl (C=O) groups is 2. The predicted molar refractivity (Wildman–Crippen MR) is 37.9 cm³/mol. The topological polar surface area (TPSA) is 34.1 Å². The molecule has 0 bridgehead atoms. The van der Waals surface area contributed by atoms with Gasteiger partial charge in [-0.2, -0.15) is 0 Å². The van der Waals surface area contributed by atoms with Crippen molar-refractivity contribution in [1.29, 1.82) is 0 Å². The summed E-state index contributed by atoms with van der Waals surface area (Å²) in [4.78, 5) is 21.0. The molecule has 1 rings (SSSR count). The molecule has 0 spiro atoms. The molecular formula is C6H6Cl2O2. The molecule has 10 heavy (non-hydrogen) atoms. The van der Waals surface area contributed by atoms with Crippen LogP contribution in [0.25, 0.3) is 0 Å². The molecule has 0 aromatic rings. The summed E-state index contributed by atoms with van der Waals surface area (Å²) in [6.07, 6.45) is 0. The van der Waals surface area contributed by atoms with Crippen molar-refractivity contribution in [1.82, 2.24) is 0 Å². The maximum atomic E-state index is 10.5. The first-order valence-electron chi connectivity index (χ1n) is 2.94. The van der Waals surface area contributed by atoms with Crippen LogP contribution in [-0.2, 0) is 9.59 Å². The summed E-state index contributed by atoms with van der Waals surface area (Å²) in [5.74, 6) is -0.617. The molecular weight excluding hydrogens is 175 g/mol. The van der Waals surface area contributed by atoms with Gasteiger partial charge in [-0.25, -0.2) is 0 Å². The second-order valence-corrected chi connectivity index (χ2v) is 3.26. The molecule has 0 N–H and O–H groups in total. The van der Waals surface area contributed by atoms with Crippen molar-refractivity contribution in [2.24, 2.45) is 17.8 Å². The lowest BCUT2D eigenvalue weighted by molar-refractivity contribution is -0.117. The summed E-state index contributed by atoms with van der Waals surface area (Å²) in [7, 11) is 0. The van der Waals surface area contributed by atoms with E-state index in [9.17, 15) is 9.59 Å². The SMILES string of the molecule is CC1[C@@H](C(=O)Cl)[C@@H]1C(=O)Cl. The Morgan fingerprint density at radius 3 is 1.50 bits per heavy atom. The number of halogens is 2. The molecule has 4 heteroatoms. The fraction of sp³-hybridized carbons (Fsp3) is 0.667. The molecule has 1 aliphatic rings. The maximum absolute atomic E-state index is 10.5. The van der Waals surface area contributed by atoms with E-state index in [4.69, 9.17) is 23.2 Å². The van der Waals surface area contributed by atoms with Crippen LogP contribution in [0.3, 0.4) is 0 Å². The number of carbonyl (C=O) groups excluding carboxylic acids is 2. The number of hydrogen-bond acceptors (Lipinski definition) is 2. The molecule has 0 aromatic heterocycles. The first kappa shape index (κ1) is 8.02. The van der Waals surface area contributed by atoms with Crippen molar-refractivity contribution >= 4 is 33.7 Å². The Balaban J connectivity index is 2.57. The lowest BCUT2D eigenvalue weighted by atomic mass is 10.4. The van der Waals surface area contributed by atoms with Crippen LogP contribution in [0, 0.1) is 17.8 Å². The minimum atomic E-state index is -0.452. The largest absolute Gasteiger partial charge is 0.281 e. The van der Waals surface area contributed by atoms with Crippen LogP contribution < -0.4 is 0 Å². The molecule has 1 fully saturated rings. The average molecular weight is 181 g/mol. The van der Waals surface area contributed by atoms with Crippen LogP contribution in [0.5, 0.6) is 0 Å². The second-order valence-electron chi connectivity index (χ2n) is 2.52. The zero-order valence-corrected chi connectivity index (χ0v) is 6.82. The van der Waals surface area contributed by atoms with Crippen molar-refractivity contribution in [2.75, 3.05) is 0 Å². The standard InChI is InChI=1S/C6H6Cl2O2/c1-2-3(5(7)9)4(2)6(8)10/h2-4H,1H3/t3-,4-/m1/s1. The Labute approximate surface area is 68.5 Å². The van der Waals surface area contributed by atoms with Gasteiger partial charge in [0.25, 0.3) is 0 Å². The summed E-state index contributed by atoms with van der Waals surface area (Å²) in [5.41, 5.74) is 0. The highest BCUT2D eigenvalue weighted by Crippen LogP contribution is 2.48. The molecule has 0 aliphatic heterocycles. The highest BCUT2D eigenvalue weighted by Gasteiger charge is 2.54. The Morgan fingerprint density at radius 1 is 1.10 bits per heavy atom. The molecule has 0 aromatic carbocycles. The Hall–Kier alpha value is -0.0800. The minimum absolute atomic E-state index is 0.0370. The third-order valence-corrected chi connectivity index (χ3v) is 2.41. The Bertz CT molecular complexity index is 170. The van der Waals surface area contributed by atoms with Gasteiger partial charge in [0.2, 0.25) is 10.5 Å². The summed E-state index contributed by atoms with van der Waals surface area (Å²) in [5, 5.41) is -0.905. The normalized spacial score (nSPS) is 37.3. The molecule has 2 atom stereocenters. The molecule has 2 nitrogen and oxygen atoms in total. The molecule has 0 saturated heterocycles. The summed E-state index contributed by atoms with van der Waals surface area (Å²) in [6.45, 7) is 1.79. The highest BCUT2D eigenvalue weighted by atomic mass is 35.5. The van der Waals surface area contributed by atoms with Crippen molar-refractivity contribution in [3.8, 4) is 0 Å². The fourth-order valence-electron chi connectivity index (χ4n) is 1.16. The van der Waals surface area contributed by atoms with E-state index in [2.05, 4.69) is 0 Å². The van der Waals surface area contributed by atoms with Crippen molar-refractivity contribution in [3.05, 3.63) is 0 Å². The summed E-state index contributed by atoms with van der Waals surface area (Å²) < 4.78 is 0. The molecule has 0 heterocycles. The Kier molecular flexibility index (Phi) is 2.02. The molecule has 0 amide bonds. The fourth-order valence-corrected chi connectivity index (χ4v) is 1.83. The molecule has 0 unspecified atom stereocenters. The van der Waals surface area contributed by atoms with Gasteiger partial charge >= 0.3 is 0 Å². The van der Waals surface area contributed by atoms with Crippen LogP contribution in [0.15, 0.2) is 0 Å². The maximum Gasteiger partial charge on any atom is 0.225 e. The van der Waals surface area contributed by atoms with Gasteiger partial charge in [0.15, 0.2) is 0 Å². The molecule has 1 aliphatic carbocycles. The van der Waals surface area contributed by atoms with Crippen molar-refractivity contribution in [3.63, 3.8) is 0 Å². The molecule has 0 radical (unpaired) electrons. The van der Waals surface area contributed by atoms with E-state index in [1.54, 1.807) is 6.92 Å². The van der Waals surface area contributed by atoms with Gasteiger partial charge in [-0.3, -0.25) is 9.59 Å². The van der Waals surface area contributed by atoms with Crippen LogP contribution in [-0.4, -0.2) is 10.5 Å². The Morgan fingerprint density at radius 2 is 1.40 bits per heavy atom. The van der Waals surface area contributed by atoms with E-state index in [0.29, 0.717) is 0 Å². The van der Waals surface area contributed by atoms with Gasteiger partial charge in [-0.05, 0) is 29.1 Å². The smallest absolute Gasteiger partial charge is 0.225 e. The number of rotatable bonds is 2. The van der Waals surface area contributed by atoms with Gasteiger partial charge in [0.1, 0.15) is 0 Å². The van der Waals surface area contributed by atoms with Crippen molar-refractivity contribution < 1.29 is 9.59 Å². The zero-order chi connectivity index (χ0) is 7.89. The van der Waals surface area contributed by atoms with Gasteiger partial charge in [-0.1, -0.05) is 6.92 Å². The van der Waals surface area contributed by atoms with Crippen LogP contribution in [0.1, 0.15) is 6.92 Å². The molecule has 56 valence electrons. The lowest BCUT2D eigenvalue weighted by Gasteiger charge is -1.82. The van der Waals surface area contributed by atoms with Crippen LogP contribution in [0.2, 0.25) is 0 Å². The monoisotopic (exact) mass is 180 g/mol. The number of hydrogen-bond donors (Lipinski definition) is 0. The van der Waals surface area contributed by atoms with E-state index in [-0.39, 0.29) is 17.8 Å². The average Bonchev–Trinajstić information content (AvgIpc) is 2.40. The van der Waals surface area contributed by atoms with Crippen LogP contribution >= 0.6 is 23.2 Å². The van der Waals surface area contributed by atoms with Gasteiger partial charge in [0, 0.05) is 11.8 Å². The first-order chi connectivity index (χ1) is 4.55. The van der Waals surface area contributed by atoms with Crippen LogP contribution in [0.4, 0.5) is 0 Å². The third kappa shape index (κ3) is 1.18. The lowest BCUT2D eigenvalue weighted by Crippen LogP contribution is -1.96. The van der Waals surface area contributed by atoms with E-state index in [1.165, 1.54) is 0 Å². The van der Waals surface area contributed by atoms with E-state index in [0.717, 1.165) is 0 Å². The van der Waals surface area contributed by atoms with E-state index >= 15 is 0 Å². The molecule has 1 saturated carbocycles. The minimum Gasteiger partial charge on any atom is -0.281 e. The first-order valence-corrected chi connectivity index (χ1v) is 3.70. The van der Waals surface area contributed by atoms with E-state index in [1.807, 2.05) is 0 Å². The van der Waals surface area contributed by atoms with Gasteiger partial charge < -0.3 is 0 Å².